The smallest absolute Gasteiger partial charge is 0.305 e. The van der Waals surface area contributed by atoms with Crippen LogP contribution in [-0.4, -0.2) is 34.5 Å². The number of likely N-dealkylation sites (tertiary alicyclic amines) is 1. The van der Waals surface area contributed by atoms with E-state index < -0.39 is 11.4 Å². The van der Waals surface area contributed by atoms with Crippen molar-refractivity contribution < 1.29 is 14.7 Å². The molecule has 0 aliphatic carbocycles. The van der Waals surface area contributed by atoms with Crippen molar-refractivity contribution in [2.45, 2.75) is 57.4 Å². The van der Waals surface area contributed by atoms with Crippen molar-refractivity contribution in [2.75, 3.05) is 6.54 Å². The summed E-state index contributed by atoms with van der Waals surface area (Å²) >= 11 is 0. The highest BCUT2D eigenvalue weighted by Crippen LogP contribution is 2.36. The van der Waals surface area contributed by atoms with E-state index in [0.29, 0.717) is 6.54 Å². The van der Waals surface area contributed by atoms with Crippen LogP contribution < -0.4 is 0 Å². The number of amides is 1. The molecule has 1 N–H and O–H groups in total. The summed E-state index contributed by atoms with van der Waals surface area (Å²) in [7, 11) is 0. The van der Waals surface area contributed by atoms with Gasteiger partial charge >= 0.3 is 5.97 Å². The normalized spacial score (nSPS) is 18.5. The van der Waals surface area contributed by atoms with Crippen molar-refractivity contribution in [1.29, 1.82) is 0 Å². The molecule has 120 valence electrons. The monoisotopic (exact) mass is 303 g/mol. The van der Waals surface area contributed by atoms with Gasteiger partial charge in [-0.3, -0.25) is 9.59 Å². The number of carbonyl (C=O) groups is 2. The van der Waals surface area contributed by atoms with E-state index in [1.165, 1.54) is 0 Å². The van der Waals surface area contributed by atoms with Gasteiger partial charge in [-0.25, -0.2) is 0 Å². The van der Waals surface area contributed by atoms with Crippen molar-refractivity contribution in [3.63, 3.8) is 0 Å². The highest BCUT2D eigenvalue weighted by Gasteiger charge is 2.43. The lowest BCUT2D eigenvalue weighted by molar-refractivity contribution is -0.142. The zero-order chi connectivity index (χ0) is 16.2. The molecule has 1 unspecified atom stereocenters. The van der Waals surface area contributed by atoms with Gasteiger partial charge in [0.2, 0.25) is 5.91 Å². The number of benzene rings is 1. The number of aliphatic carboxylic acids is 1. The van der Waals surface area contributed by atoms with Crippen LogP contribution in [0.2, 0.25) is 0 Å². The standard InChI is InChI=1S/C18H25NO3/c1-3-18(4-2,14-9-6-5-7-10-14)17(22)19-12-8-11-15(19)13-16(20)21/h5-7,9-10,15H,3-4,8,11-13H2,1-2H3,(H,20,21). The molecule has 1 amide bonds. The third kappa shape index (κ3) is 3.01. The maximum absolute atomic E-state index is 13.3. The Balaban J connectivity index is 2.32. The minimum absolute atomic E-state index is 0.0457. The van der Waals surface area contributed by atoms with Gasteiger partial charge in [0.05, 0.1) is 11.8 Å². The molecule has 4 nitrogen and oxygen atoms in total. The molecule has 1 saturated heterocycles. The minimum Gasteiger partial charge on any atom is -0.481 e. The first-order valence-electron chi connectivity index (χ1n) is 8.13. The van der Waals surface area contributed by atoms with Gasteiger partial charge in [-0.1, -0.05) is 44.2 Å². The van der Waals surface area contributed by atoms with Gasteiger partial charge in [0.15, 0.2) is 0 Å². The minimum atomic E-state index is -0.831. The molecule has 1 aliphatic rings. The van der Waals surface area contributed by atoms with Crippen LogP contribution in [0.1, 0.15) is 51.5 Å². The average Bonchev–Trinajstić information content (AvgIpc) is 2.97. The highest BCUT2D eigenvalue weighted by atomic mass is 16.4. The van der Waals surface area contributed by atoms with Gasteiger partial charge in [-0.05, 0) is 31.2 Å². The molecular formula is C18H25NO3. The fourth-order valence-corrected chi connectivity index (χ4v) is 3.63. The maximum Gasteiger partial charge on any atom is 0.305 e. The van der Waals surface area contributed by atoms with Gasteiger partial charge in [-0.15, -0.1) is 0 Å². The summed E-state index contributed by atoms with van der Waals surface area (Å²) < 4.78 is 0. The molecule has 1 aromatic rings. The quantitative estimate of drug-likeness (QED) is 0.878. The lowest BCUT2D eigenvalue weighted by Gasteiger charge is -2.37. The summed E-state index contributed by atoms with van der Waals surface area (Å²) in [6.45, 7) is 4.75. The first-order chi connectivity index (χ1) is 10.5. The average molecular weight is 303 g/mol. The van der Waals surface area contributed by atoms with Crippen LogP contribution >= 0.6 is 0 Å². The molecule has 0 radical (unpaired) electrons. The van der Waals surface area contributed by atoms with E-state index in [4.69, 9.17) is 5.11 Å². The van der Waals surface area contributed by atoms with Gasteiger partial charge in [0, 0.05) is 12.6 Å². The lowest BCUT2D eigenvalue weighted by Crippen LogP contribution is -2.48. The second-order valence-electron chi connectivity index (χ2n) is 6.05. The van der Waals surface area contributed by atoms with Crippen LogP contribution in [0, 0.1) is 0 Å². The summed E-state index contributed by atoms with van der Waals surface area (Å²) in [5, 5.41) is 9.07. The van der Waals surface area contributed by atoms with E-state index in [0.717, 1.165) is 31.2 Å². The predicted octanol–water partition coefficient (Wildman–Crippen LogP) is 3.21. The summed E-state index contributed by atoms with van der Waals surface area (Å²) in [6, 6.07) is 9.72. The van der Waals surface area contributed by atoms with Gasteiger partial charge in [-0.2, -0.15) is 0 Å². The van der Waals surface area contributed by atoms with Gasteiger partial charge < -0.3 is 10.0 Å². The van der Waals surface area contributed by atoms with Crippen molar-refractivity contribution >= 4 is 11.9 Å². The summed E-state index contributed by atoms with van der Waals surface area (Å²) in [6.07, 6.45) is 3.17. The topological polar surface area (TPSA) is 57.6 Å². The summed E-state index contributed by atoms with van der Waals surface area (Å²) in [4.78, 5) is 26.1. The Bertz CT molecular complexity index is 522. The molecule has 1 aromatic carbocycles. The zero-order valence-corrected chi connectivity index (χ0v) is 13.4. The van der Waals surface area contributed by atoms with E-state index in [1.807, 2.05) is 49.1 Å². The predicted molar refractivity (Wildman–Crippen MR) is 85.7 cm³/mol. The van der Waals surface area contributed by atoms with E-state index >= 15 is 0 Å². The highest BCUT2D eigenvalue weighted by molar-refractivity contribution is 5.89. The first kappa shape index (κ1) is 16.5. The number of nitrogens with zero attached hydrogens (tertiary/aromatic N) is 1. The van der Waals surface area contributed by atoms with Crippen molar-refractivity contribution in [2.24, 2.45) is 0 Å². The second-order valence-corrected chi connectivity index (χ2v) is 6.05. The van der Waals surface area contributed by atoms with Crippen molar-refractivity contribution in [3.8, 4) is 0 Å². The van der Waals surface area contributed by atoms with Crippen LogP contribution in [0.25, 0.3) is 0 Å². The number of carboxylic acid groups (broad SMARTS) is 1. The van der Waals surface area contributed by atoms with E-state index in [2.05, 4.69) is 0 Å². The third-order valence-corrected chi connectivity index (χ3v) is 4.99. The zero-order valence-electron chi connectivity index (χ0n) is 13.4. The van der Waals surface area contributed by atoms with Crippen molar-refractivity contribution in [1.82, 2.24) is 4.90 Å². The Hall–Kier alpha value is -1.84. The molecule has 1 fully saturated rings. The Morgan fingerprint density at radius 3 is 2.41 bits per heavy atom. The van der Waals surface area contributed by atoms with Crippen molar-refractivity contribution in [3.05, 3.63) is 35.9 Å². The molecule has 1 aliphatic heterocycles. The van der Waals surface area contributed by atoms with Gasteiger partial charge in [0.1, 0.15) is 0 Å². The maximum atomic E-state index is 13.3. The van der Waals surface area contributed by atoms with E-state index in [1.54, 1.807) is 0 Å². The molecule has 1 atom stereocenters. The third-order valence-electron chi connectivity index (χ3n) is 4.99. The molecule has 1 heterocycles. The summed E-state index contributed by atoms with van der Waals surface area (Å²) in [5.41, 5.74) is 0.494. The second kappa shape index (κ2) is 6.95. The molecule has 0 saturated carbocycles. The number of rotatable bonds is 6. The van der Waals surface area contributed by atoms with Crippen LogP contribution in [0.15, 0.2) is 30.3 Å². The lowest BCUT2D eigenvalue weighted by atomic mass is 9.74. The molecule has 2 rings (SSSR count). The van der Waals surface area contributed by atoms with Crippen LogP contribution in [-0.2, 0) is 15.0 Å². The molecule has 0 aromatic heterocycles. The molecule has 0 spiro atoms. The number of hydrogen-bond donors (Lipinski definition) is 1. The molecule has 0 bridgehead atoms. The number of hydrogen-bond acceptors (Lipinski definition) is 2. The van der Waals surface area contributed by atoms with Crippen LogP contribution in [0.5, 0.6) is 0 Å². The Kier molecular flexibility index (Phi) is 5.22. The van der Waals surface area contributed by atoms with Gasteiger partial charge in [0.25, 0.3) is 0 Å². The Morgan fingerprint density at radius 1 is 1.23 bits per heavy atom. The number of carboxylic acids is 1. The molecular weight excluding hydrogens is 278 g/mol. The first-order valence-corrected chi connectivity index (χ1v) is 8.13. The Labute approximate surface area is 132 Å². The Morgan fingerprint density at radius 2 is 1.86 bits per heavy atom. The van der Waals surface area contributed by atoms with E-state index in [-0.39, 0.29) is 18.4 Å². The largest absolute Gasteiger partial charge is 0.481 e. The van der Waals surface area contributed by atoms with Crippen LogP contribution in [0.3, 0.4) is 0 Å². The fourth-order valence-electron chi connectivity index (χ4n) is 3.63. The van der Waals surface area contributed by atoms with Crippen LogP contribution in [0.4, 0.5) is 0 Å². The summed E-state index contributed by atoms with van der Waals surface area (Å²) in [5.74, 6) is -0.740. The molecule has 4 heteroatoms. The van der Waals surface area contributed by atoms with E-state index in [9.17, 15) is 9.59 Å². The SMILES string of the molecule is CCC(CC)(C(=O)N1CCCC1CC(=O)O)c1ccccc1. The number of carbonyl (C=O) groups excluding carboxylic acids is 1. The molecule has 22 heavy (non-hydrogen) atoms. The fraction of sp³-hybridized carbons (Fsp3) is 0.556.